The molecule has 17 heavy (non-hydrogen) atoms. The molecule has 7 heteroatoms. The van der Waals surface area contributed by atoms with Gasteiger partial charge in [0.25, 0.3) is 0 Å². The van der Waals surface area contributed by atoms with E-state index in [1.54, 1.807) is 0 Å². The van der Waals surface area contributed by atoms with Gasteiger partial charge in [-0.2, -0.15) is 15.0 Å². The molecule has 1 fully saturated rings. The largest absolute Gasteiger partial charge is 0.338 e. The van der Waals surface area contributed by atoms with Gasteiger partial charge in [0.05, 0.1) is 0 Å². The Kier molecular flexibility index (Phi) is 3.43. The van der Waals surface area contributed by atoms with E-state index in [1.165, 1.54) is 0 Å². The highest BCUT2D eigenvalue weighted by molar-refractivity contribution is 6.31. The number of anilines is 1. The van der Waals surface area contributed by atoms with Crippen molar-refractivity contribution in [1.82, 2.24) is 19.9 Å². The van der Waals surface area contributed by atoms with Gasteiger partial charge in [0.1, 0.15) is 0 Å². The van der Waals surface area contributed by atoms with Crippen LogP contribution >= 0.6 is 23.2 Å². The SMILES string of the molecule is CN1CCN(c2nc(Cl)nc(Cl)n2)CC1(C)C. The predicted octanol–water partition coefficient (Wildman–Crippen LogP) is 1.71. The minimum atomic E-state index is 0.0732. The number of rotatable bonds is 1. The standard InChI is InChI=1S/C10H15Cl2N5/c1-10(2)6-17(5-4-16(10)3)9-14-7(11)13-8(12)15-9/h4-6H2,1-3H3. The van der Waals surface area contributed by atoms with Gasteiger partial charge in [0.15, 0.2) is 0 Å². The molecule has 2 heterocycles. The van der Waals surface area contributed by atoms with Gasteiger partial charge in [-0.05, 0) is 44.1 Å². The molecule has 94 valence electrons. The van der Waals surface area contributed by atoms with E-state index in [0.29, 0.717) is 5.95 Å². The topological polar surface area (TPSA) is 45.2 Å². The van der Waals surface area contributed by atoms with Crippen LogP contribution < -0.4 is 4.90 Å². The maximum Gasteiger partial charge on any atom is 0.231 e. The minimum absolute atomic E-state index is 0.0732. The summed E-state index contributed by atoms with van der Waals surface area (Å²) in [4.78, 5) is 16.4. The molecule has 1 saturated heterocycles. The molecule has 0 aliphatic carbocycles. The Hall–Kier alpha value is -0.650. The monoisotopic (exact) mass is 275 g/mol. The predicted molar refractivity (Wildman–Crippen MR) is 68.8 cm³/mol. The van der Waals surface area contributed by atoms with Gasteiger partial charge in [-0.3, -0.25) is 4.90 Å². The Labute approximate surface area is 111 Å². The van der Waals surface area contributed by atoms with Crippen molar-refractivity contribution in [3.05, 3.63) is 10.6 Å². The van der Waals surface area contributed by atoms with E-state index in [4.69, 9.17) is 23.2 Å². The van der Waals surface area contributed by atoms with E-state index in [-0.39, 0.29) is 16.1 Å². The maximum atomic E-state index is 5.79. The van der Waals surface area contributed by atoms with Gasteiger partial charge in [-0.25, -0.2) is 0 Å². The Morgan fingerprint density at radius 2 is 1.65 bits per heavy atom. The first kappa shape index (κ1) is 12.8. The molecule has 1 aromatic rings. The maximum absolute atomic E-state index is 5.79. The molecular weight excluding hydrogens is 261 g/mol. The Morgan fingerprint density at radius 1 is 1.06 bits per heavy atom. The number of hydrogen-bond donors (Lipinski definition) is 0. The zero-order valence-corrected chi connectivity index (χ0v) is 11.6. The lowest BCUT2D eigenvalue weighted by Crippen LogP contribution is -2.58. The van der Waals surface area contributed by atoms with Crippen molar-refractivity contribution >= 4 is 29.2 Å². The third-order valence-corrected chi connectivity index (χ3v) is 3.51. The molecular formula is C10H15Cl2N5. The fourth-order valence-corrected chi connectivity index (χ4v) is 2.22. The summed E-state index contributed by atoms with van der Waals surface area (Å²) in [6.07, 6.45) is 0. The fraction of sp³-hybridized carbons (Fsp3) is 0.700. The molecule has 0 aromatic carbocycles. The van der Waals surface area contributed by atoms with Crippen LogP contribution in [0.4, 0.5) is 5.95 Å². The summed E-state index contributed by atoms with van der Waals surface area (Å²) in [5, 5.41) is 0.272. The summed E-state index contributed by atoms with van der Waals surface area (Å²) in [5.74, 6) is 0.552. The van der Waals surface area contributed by atoms with Crippen molar-refractivity contribution in [1.29, 1.82) is 0 Å². The number of halogens is 2. The van der Waals surface area contributed by atoms with Gasteiger partial charge in [0.2, 0.25) is 16.5 Å². The Bertz CT molecular complexity index is 403. The lowest BCUT2D eigenvalue weighted by molar-refractivity contribution is 0.138. The third kappa shape index (κ3) is 2.78. The molecule has 0 radical (unpaired) electrons. The van der Waals surface area contributed by atoms with Gasteiger partial charge >= 0.3 is 0 Å². The fourth-order valence-electron chi connectivity index (χ4n) is 1.87. The van der Waals surface area contributed by atoms with Crippen LogP contribution in [0.5, 0.6) is 0 Å². The van der Waals surface area contributed by atoms with Crippen LogP contribution in [0.3, 0.4) is 0 Å². The Balaban J connectivity index is 2.23. The molecule has 0 amide bonds. The van der Waals surface area contributed by atoms with Crippen molar-refractivity contribution in [2.75, 3.05) is 31.6 Å². The summed E-state index contributed by atoms with van der Waals surface area (Å²) in [6.45, 7) is 7.01. The molecule has 0 bridgehead atoms. The molecule has 0 spiro atoms. The molecule has 1 aliphatic heterocycles. The molecule has 0 atom stereocenters. The highest BCUT2D eigenvalue weighted by Crippen LogP contribution is 2.23. The van der Waals surface area contributed by atoms with Crippen LogP contribution in [0.15, 0.2) is 0 Å². The first-order chi connectivity index (χ1) is 7.88. The summed E-state index contributed by atoms with van der Waals surface area (Å²) in [7, 11) is 2.12. The number of hydrogen-bond acceptors (Lipinski definition) is 5. The smallest absolute Gasteiger partial charge is 0.231 e. The van der Waals surface area contributed by atoms with Crippen LogP contribution in [-0.2, 0) is 0 Å². The number of likely N-dealkylation sites (N-methyl/N-ethyl adjacent to an activating group) is 1. The van der Waals surface area contributed by atoms with Crippen molar-refractivity contribution in [2.45, 2.75) is 19.4 Å². The first-order valence-corrected chi connectivity index (χ1v) is 6.17. The minimum Gasteiger partial charge on any atom is -0.338 e. The number of nitrogens with zero attached hydrogens (tertiary/aromatic N) is 5. The second kappa shape index (κ2) is 4.55. The summed E-state index contributed by atoms with van der Waals surface area (Å²) < 4.78 is 0. The lowest BCUT2D eigenvalue weighted by atomic mass is 10.0. The van der Waals surface area contributed by atoms with Crippen molar-refractivity contribution < 1.29 is 0 Å². The summed E-state index contributed by atoms with van der Waals surface area (Å²) >= 11 is 11.6. The van der Waals surface area contributed by atoms with Crippen LogP contribution in [0.1, 0.15) is 13.8 Å². The van der Waals surface area contributed by atoms with Gasteiger partial charge in [-0.15, -0.1) is 0 Å². The molecule has 1 aromatic heterocycles. The lowest BCUT2D eigenvalue weighted by Gasteiger charge is -2.45. The van der Waals surface area contributed by atoms with Crippen LogP contribution in [0.25, 0.3) is 0 Å². The molecule has 0 unspecified atom stereocenters. The molecule has 0 N–H and O–H groups in total. The quantitative estimate of drug-likeness (QED) is 0.781. The van der Waals surface area contributed by atoms with E-state index in [9.17, 15) is 0 Å². The Morgan fingerprint density at radius 3 is 2.18 bits per heavy atom. The normalized spacial score (nSPS) is 20.6. The summed E-state index contributed by atoms with van der Waals surface area (Å²) in [6, 6.07) is 0. The van der Waals surface area contributed by atoms with Crippen LogP contribution in [0.2, 0.25) is 10.6 Å². The molecule has 0 saturated carbocycles. The molecule has 2 rings (SSSR count). The highest BCUT2D eigenvalue weighted by Gasteiger charge is 2.32. The number of piperazine rings is 1. The van der Waals surface area contributed by atoms with Crippen molar-refractivity contribution in [3.8, 4) is 0 Å². The van der Waals surface area contributed by atoms with E-state index in [2.05, 4.69) is 45.6 Å². The highest BCUT2D eigenvalue weighted by atomic mass is 35.5. The van der Waals surface area contributed by atoms with Gasteiger partial charge in [0, 0.05) is 25.2 Å². The second-order valence-electron chi connectivity index (χ2n) is 4.83. The van der Waals surface area contributed by atoms with Gasteiger partial charge < -0.3 is 4.90 Å². The van der Waals surface area contributed by atoms with Crippen LogP contribution in [-0.4, -0.2) is 52.1 Å². The number of aromatic nitrogens is 3. The zero-order chi connectivity index (χ0) is 12.6. The molecule has 5 nitrogen and oxygen atoms in total. The average molecular weight is 276 g/mol. The third-order valence-electron chi connectivity index (χ3n) is 3.17. The van der Waals surface area contributed by atoms with Gasteiger partial charge in [-0.1, -0.05) is 0 Å². The average Bonchev–Trinajstić information content (AvgIpc) is 2.20. The van der Waals surface area contributed by atoms with E-state index >= 15 is 0 Å². The van der Waals surface area contributed by atoms with E-state index < -0.39 is 0 Å². The van der Waals surface area contributed by atoms with E-state index in [0.717, 1.165) is 19.6 Å². The zero-order valence-electron chi connectivity index (χ0n) is 10.1. The van der Waals surface area contributed by atoms with Crippen molar-refractivity contribution in [2.24, 2.45) is 0 Å². The second-order valence-corrected chi connectivity index (χ2v) is 5.51. The van der Waals surface area contributed by atoms with Crippen LogP contribution in [0, 0.1) is 0 Å². The summed E-state index contributed by atoms with van der Waals surface area (Å²) in [5.41, 5.74) is 0.0732. The van der Waals surface area contributed by atoms with Crippen molar-refractivity contribution in [3.63, 3.8) is 0 Å². The van der Waals surface area contributed by atoms with E-state index in [1.807, 2.05) is 0 Å². The molecule has 1 aliphatic rings. The first-order valence-electron chi connectivity index (χ1n) is 5.42.